The highest BCUT2D eigenvalue weighted by molar-refractivity contribution is 7.90. The van der Waals surface area contributed by atoms with Crippen LogP contribution >= 0.6 is 0 Å². The number of pyridine rings is 1. The van der Waals surface area contributed by atoms with Crippen molar-refractivity contribution in [1.82, 2.24) is 14.3 Å². The molecule has 1 amide bonds. The van der Waals surface area contributed by atoms with Crippen LogP contribution in [0, 0.1) is 11.8 Å². The molecule has 28 heavy (non-hydrogen) atoms. The first-order valence-electron chi connectivity index (χ1n) is 9.04. The van der Waals surface area contributed by atoms with E-state index in [0.29, 0.717) is 12.8 Å². The summed E-state index contributed by atoms with van der Waals surface area (Å²) in [6.07, 6.45) is 4.39. The van der Waals surface area contributed by atoms with Gasteiger partial charge in [-0.3, -0.25) is 0 Å². The first-order valence-corrected chi connectivity index (χ1v) is 10.5. The van der Waals surface area contributed by atoms with Crippen LogP contribution < -0.4 is 5.32 Å². The molecule has 0 spiro atoms. The highest BCUT2D eigenvalue weighted by Gasteiger charge is 2.33. The minimum absolute atomic E-state index is 0.00797. The van der Waals surface area contributed by atoms with Gasteiger partial charge in [0.25, 0.3) is 0 Å². The molecule has 0 aliphatic heterocycles. The fraction of sp³-hybridized carbons (Fsp3) is 0.444. The molecule has 0 saturated heterocycles. The van der Waals surface area contributed by atoms with Crippen molar-refractivity contribution in [2.75, 3.05) is 6.54 Å². The van der Waals surface area contributed by atoms with Crippen LogP contribution in [0.25, 0.3) is 11.3 Å². The van der Waals surface area contributed by atoms with E-state index in [0.717, 1.165) is 29.4 Å². The molecule has 2 N–H and O–H groups in total. The second kappa shape index (κ2) is 8.26. The van der Waals surface area contributed by atoms with Gasteiger partial charge in [-0.15, -0.1) is 0 Å². The first-order chi connectivity index (χ1) is 13.3. The lowest BCUT2D eigenvalue weighted by molar-refractivity contribution is 0.194. The van der Waals surface area contributed by atoms with Gasteiger partial charge in [0, 0.05) is 24.5 Å². The molecule has 7 nitrogen and oxygen atoms in total. The van der Waals surface area contributed by atoms with Gasteiger partial charge in [-0.1, -0.05) is 19.3 Å². The van der Waals surface area contributed by atoms with Crippen LogP contribution in [0.15, 0.2) is 24.5 Å². The van der Waals surface area contributed by atoms with E-state index in [1.807, 2.05) is 0 Å². The summed E-state index contributed by atoms with van der Waals surface area (Å²) in [6.45, 7) is -0.102. The van der Waals surface area contributed by atoms with E-state index in [1.165, 1.54) is 18.3 Å². The van der Waals surface area contributed by atoms with Crippen molar-refractivity contribution in [2.24, 2.45) is 0 Å². The molecule has 1 aliphatic rings. The molecule has 3 rings (SSSR count). The van der Waals surface area contributed by atoms with Gasteiger partial charge in [0.15, 0.2) is 5.82 Å². The Morgan fingerprint density at radius 2 is 2.00 bits per heavy atom. The maximum absolute atomic E-state index is 15.1. The summed E-state index contributed by atoms with van der Waals surface area (Å²) in [7, 11) is -3.96. The molecule has 0 bridgehead atoms. The van der Waals surface area contributed by atoms with Gasteiger partial charge in [0.2, 0.25) is 16.0 Å². The number of carboxylic acid groups (broad SMARTS) is 1. The monoisotopic (exact) mass is 413 g/mol. The number of nitrogens with one attached hydrogen (secondary N) is 1. The summed E-state index contributed by atoms with van der Waals surface area (Å²) >= 11 is 0. The summed E-state index contributed by atoms with van der Waals surface area (Å²) in [4.78, 5) is 14.1. The number of rotatable bonds is 6. The third-order valence-corrected chi connectivity index (χ3v) is 7.07. The molecular weight excluding hydrogens is 392 g/mol. The largest absolute Gasteiger partial charge is 0.465 e. The Bertz CT molecular complexity index is 969. The van der Waals surface area contributed by atoms with Gasteiger partial charge >= 0.3 is 6.09 Å². The second-order valence-corrected chi connectivity index (χ2v) is 8.83. The Kier molecular flexibility index (Phi) is 5.97. The van der Waals surface area contributed by atoms with Crippen molar-refractivity contribution >= 4 is 16.1 Å². The number of hydrogen-bond acceptors (Lipinski definition) is 4. The Morgan fingerprint density at radius 1 is 1.29 bits per heavy atom. The van der Waals surface area contributed by atoms with E-state index in [4.69, 9.17) is 5.11 Å². The maximum atomic E-state index is 15.1. The zero-order valence-electron chi connectivity index (χ0n) is 15.1. The van der Waals surface area contributed by atoms with Gasteiger partial charge in [-0.05, 0) is 31.4 Å². The number of carbonyl (C=O) groups is 1. The minimum atomic E-state index is -3.96. The fourth-order valence-corrected chi connectivity index (χ4v) is 5.47. The molecule has 0 unspecified atom stereocenters. The molecule has 1 aliphatic carbocycles. The van der Waals surface area contributed by atoms with Crippen LogP contribution in [0.1, 0.15) is 37.7 Å². The molecule has 152 valence electrons. The number of nitrogens with zero attached hydrogens (tertiary/aromatic N) is 2. The number of amides is 1. The van der Waals surface area contributed by atoms with Crippen molar-refractivity contribution in [2.45, 2.75) is 43.8 Å². The molecular formula is C18H21F2N3O4S. The third kappa shape index (κ3) is 4.01. The highest BCUT2D eigenvalue weighted by atomic mass is 32.2. The first kappa shape index (κ1) is 20.2. The van der Waals surface area contributed by atoms with Gasteiger partial charge in [-0.25, -0.2) is 26.6 Å². The molecule has 2 heterocycles. The molecule has 2 aromatic heterocycles. The smallest absolute Gasteiger partial charge is 0.404 e. The quantitative estimate of drug-likeness (QED) is 0.709. The summed E-state index contributed by atoms with van der Waals surface area (Å²) < 4.78 is 56.6. The van der Waals surface area contributed by atoms with Gasteiger partial charge < -0.3 is 10.4 Å². The lowest BCUT2D eigenvalue weighted by Crippen LogP contribution is -2.29. The van der Waals surface area contributed by atoms with Crippen LogP contribution in [-0.4, -0.2) is 40.4 Å². The van der Waals surface area contributed by atoms with Crippen LogP contribution in [0.5, 0.6) is 0 Å². The fourth-order valence-electron chi connectivity index (χ4n) is 3.51. The van der Waals surface area contributed by atoms with Gasteiger partial charge in [0.05, 0.1) is 10.8 Å². The molecule has 1 fully saturated rings. The van der Waals surface area contributed by atoms with E-state index in [1.54, 1.807) is 0 Å². The highest BCUT2D eigenvalue weighted by Crippen LogP contribution is 2.33. The normalized spacial score (nSPS) is 15.5. The number of aromatic nitrogens is 2. The summed E-state index contributed by atoms with van der Waals surface area (Å²) in [5.74, 6) is -1.87. The van der Waals surface area contributed by atoms with Gasteiger partial charge in [-0.2, -0.15) is 4.39 Å². The average Bonchev–Trinajstić information content (AvgIpc) is 3.00. The Labute approximate surface area is 161 Å². The van der Waals surface area contributed by atoms with E-state index in [2.05, 4.69) is 10.3 Å². The Morgan fingerprint density at radius 3 is 2.64 bits per heavy atom. The summed E-state index contributed by atoms with van der Waals surface area (Å²) in [5.41, 5.74) is -0.662. The van der Waals surface area contributed by atoms with Crippen LogP contribution in [0.3, 0.4) is 0 Å². The molecule has 2 aromatic rings. The van der Waals surface area contributed by atoms with Crippen molar-refractivity contribution < 1.29 is 27.1 Å². The van der Waals surface area contributed by atoms with E-state index >= 15 is 4.39 Å². The summed E-state index contributed by atoms with van der Waals surface area (Å²) in [6, 6.07) is 2.67. The standard InChI is InChI=1S/C18H21F2N3O4S/c19-15-12(8-10-22-18(24)25)11-23(16(15)14-7-4-9-21-17(14)20)28(26,27)13-5-2-1-3-6-13/h4,7,9,11,13,22H,1-3,5-6,8,10H2,(H,24,25). The lowest BCUT2D eigenvalue weighted by Gasteiger charge is -2.23. The number of hydrogen-bond donors (Lipinski definition) is 2. The SMILES string of the molecule is O=C(O)NCCc1cn(S(=O)(=O)C2CCCCC2)c(-c2cccnc2F)c1F. The average molecular weight is 413 g/mol. The molecule has 1 saturated carbocycles. The second-order valence-electron chi connectivity index (χ2n) is 6.74. The molecule has 0 radical (unpaired) electrons. The van der Waals surface area contributed by atoms with Crippen LogP contribution in [0.2, 0.25) is 0 Å². The predicted octanol–water partition coefficient (Wildman–Crippen LogP) is 3.15. The minimum Gasteiger partial charge on any atom is -0.465 e. The van der Waals surface area contributed by atoms with Crippen LogP contribution in [0.4, 0.5) is 13.6 Å². The van der Waals surface area contributed by atoms with Crippen molar-refractivity contribution in [3.63, 3.8) is 0 Å². The van der Waals surface area contributed by atoms with Crippen LogP contribution in [-0.2, 0) is 16.4 Å². The zero-order chi connectivity index (χ0) is 20.3. The van der Waals surface area contributed by atoms with Gasteiger partial charge in [0.1, 0.15) is 5.69 Å². The third-order valence-electron chi connectivity index (χ3n) is 4.92. The Hall–Kier alpha value is -2.49. The van der Waals surface area contributed by atoms with Crippen molar-refractivity contribution in [3.05, 3.63) is 41.9 Å². The maximum Gasteiger partial charge on any atom is 0.404 e. The van der Waals surface area contributed by atoms with Crippen molar-refractivity contribution in [1.29, 1.82) is 0 Å². The van der Waals surface area contributed by atoms with Crippen molar-refractivity contribution in [3.8, 4) is 11.3 Å². The van der Waals surface area contributed by atoms with E-state index in [-0.39, 0.29) is 24.1 Å². The Balaban J connectivity index is 2.09. The topological polar surface area (TPSA) is 101 Å². The lowest BCUT2D eigenvalue weighted by atomic mass is 10.0. The zero-order valence-corrected chi connectivity index (χ0v) is 15.9. The summed E-state index contributed by atoms with van der Waals surface area (Å²) in [5, 5.41) is 10.1. The predicted molar refractivity (Wildman–Crippen MR) is 98.5 cm³/mol. The molecule has 0 atom stereocenters. The molecule has 0 aromatic carbocycles. The van der Waals surface area contributed by atoms with E-state index < -0.39 is 38.8 Å². The van der Waals surface area contributed by atoms with E-state index in [9.17, 15) is 17.6 Å². The number of halogens is 2. The molecule has 10 heteroatoms.